The molecule has 2 aromatic rings. The highest BCUT2D eigenvalue weighted by Gasteiger charge is 2.20. The molecule has 0 aromatic heterocycles. The lowest BCUT2D eigenvalue weighted by Gasteiger charge is -2.10. The maximum Gasteiger partial charge on any atom is 0.284 e. The van der Waals surface area contributed by atoms with Crippen LogP contribution >= 0.6 is 15.9 Å². The normalized spacial score (nSPS) is 10.2. The highest BCUT2D eigenvalue weighted by atomic mass is 79.9. The number of rotatable bonds is 3. The number of benzene rings is 2. The van der Waals surface area contributed by atoms with Gasteiger partial charge in [-0.1, -0.05) is 12.1 Å². The number of nitrogens with zero attached hydrogens (tertiary/aromatic N) is 1. The van der Waals surface area contributed by atoms with E-state index >= 15 is 0 Å². The molecule has 0 spiro atoms. The molecule has 0 heterocycles. The van der Waals surface area contributed by atoms with Crippen molar-refractivity contribution in [2.24, 2.45) is 0 Å². The molecule has 0 aliphatic heterocycles. The second kappa shape index (κ2) is 6.01. The lowest BCUT2D eigenvalue weighted by Crippen LogP contribution is -2.14. The molecule has 0 fully saturated rings. The lowest BCUT2D eigenvalue weighted by atomic mass is 10.1. The van der Waals surface area contributed by atoms with Crippen molar-refractivity contribution in [2.45, 2.75) is 6.92 Å². The van der Waals surface area contributed by atoms with E-state index in [-0.39, 0.29) is 15.7 Å². The molecule has 0 unspecified atom stereocenters. The molecule has 7 heteroatoms. The maximum absolute atomic E-state index is 13.4. The summed E-state index contributed by atoms with van der Waals surface area (Å²) in [5.41, 5.74) is 0.511. The SMILES string of the molecule is Cc1c(F)cccc1NC(=O)c1cccc([N+](=O)[O-])c1Br. The van der Waals surface area contributed by atoms with Crippen LogP contribution in [-0.4, -0.2) is 10.8 Å². The van der Waals surface area contributed by atoms with Gasteiger partial charge in [-0.25, -0.2) is 4.39 Å². The second-order valence-corrected chi connectivity index (χ2v) is 5.06. The van der Waals surface area contributed by atoms with E-state index in [0.717, 1.165) is 0 Å². The van der Waals surface area contributed by atoms with Gasteiger partial charge in [0, 0.05) is 17.3 Å². The molecular formula is C14H10BrFN2O3. The number of carbonyl (C=O) groups is 1. The van der Waals surface area contributed by atoms with Gasteiger partial charge in [0.25, 0.3) is 11.6 Å². The third-order valence-electron chi connectivity index (χ3n) is 2.94. The van der Waals surface area contributed by atoms with Crippen molar-refractivity contribution in [3.8, 4) is 0 Å². The number of halogens is 2. The topological polar surface area (TPSA) is 72.2 Å². The van der Waals surface area contributed by atoms with Crippen LogP contribution in [0.1, 0.15) is 15.9 Å². The van der Waals surface area contributed by atoms with Crippen molar-refractivity contribution in [1.29, 1.82) is 0 Å². The predicted octanol–water partition coefficient (Wildman–Crippen LogP) is 4.06. The van der Waals surface area contributed by atoms with Crippen LogP contribution in [0.3, 0.4) is 0 Å². The Labute approximate surface area is 128 Å². The third-order valence-corrected chi connectivity index (χ3v) is 3.77. The van der Waals surface area contributed by atoms with E-state index in [1.165, 1.54) is 37.3 Å². The molecule has 0 bridgehead atoms. The number of amides is 1. The Balaban J connectivity index is 2.35. The van der Waals surface area contributed by atoms with Crippen LogP contribution in [0.5, 0.6) is 0 Å². The summed E-state index contributed by atoms with van der Waals surface area (Å²) in [5.74, 6) is -0.995. The molecule has 0 aliphatic rings. The van der Waals surface area contributed by atoms with Gasteiger partial charge >= 0.3 is 0 Å². The number of hydrogen-bond donors (Lipinski definition) is 1. The highest BCUT2D eigenvalue weighted by Crippen LogP contribution is 2.29. The van der Waals surface area contributed by atoms with Crippen LogP contribution in [0.15, 0.2) is 40.9 Å². The van der Waals surface area contributed by atoms with Crippen LogP contribution in [0.25, 0.3) is 0 Å². The van der Waals surface area contributed by atoms with Crippen LogP contribution in [0.2, 0.25) is 0 Å². The molecule has 5 nitrogen and oxygen atoms in total. The first-order valence-corrected chi connectivity index (χ1v) is 6.70. The summed E-state index contributed by atoms with van der Waals surface area (Å²) < 4.78 is 13.5. The molecular weight excluding hydrogens is 343 g/mol. The second-order valence-electron chi connectivity index (χ2n) is 4.26. The predicted molar refractivity (Wildman–Crippen MR) is 79.9 cm³/mol. The van der Waals surface area contributed by atoms with Crippen molar-refractivity contribution >= 4 is 33.2 Å². The first-order valence-electron chi connectivity index (χ1n) is 5.91. The summed E-state index contributed by atoms with van der Waals surface area (Å²) in [6.07, 6.45) is 0. The van der Waals surface area contributed by atoms with E-state index in [9.17, 15) is 19.3 Å². The summed E-state index contributed by atoms with van der Waals surface area (Å²) in [6, 6.07) is 8.46. The quantitative estimate of drug-likeness (QED) is 0.668. The van der Waals surface area contributed by atoms with Crippen LogP contribution in [-0.2, 0) is 0 Å². The molecule has 0 saturated carbocycles. The van der Waals surface area contributed by atoms with Gasteiger partial charge in [0.1, 0.15) is 10.3 Å². The average molecular weight is 353 g/mol. The summed E-state index contributed by atoms with van der Waals surface area (Å²) in [7, 11) is 0. The van der Waals surface area contributed by atoms with E-state index in [1.54, 1.807) is 6.07 Å². The smallest absolute Gasteiger partial charge is 0.284 e. The number of nitro groups is 1. The fourth-order valence-corrected chi connectivity index (χ4v) is 2.36. The van der Waals surface area contributed by atoms with E-state index in [4.69, 9.17) is 0 Å². The van der Waals surface area contributed by atoms with Crippen molar-refractivity contribution < 1.29 is 14.1 Å². The Morgan fingerprint density at radius 2 is 1.95 bits per heavy atom. The van der Waals surface area contributed by atoms with Gasteiger partial charge < -0.3 is 5.32 Å². The highest BCUT2D eigenvalue weighted by molar-refractivity contribution is 9.10. The first kappa shape index (κ1) is 15.1. The molecule has 2 aromatic carbocycles. The number of anilines is 1. The van der Waals surface area contributed by atoms with Gasteiger partial charge in [-0.3, -0.25) is 14.9 Å². The van der Waals surface area contributed by atoms with Crippen LogP contribution in [0, 0.1) is 22.9 Å². The van der Waals surface area contributed by atoms with Gasteiger partial charge in [-0.2, -0.15) is 0 Å². The average Bonchev–Trinajstić information content (AvgIpc) is 2.43. The summed E-state index contributed by atoms with van der Waals surface area (Å²) in [5, 5.41) is 13.4. The Morgan fingerprint density at radius 3 is 2.62 bits per heavy atom. The van der Waals surface area contributed by atoms with E-state index in [2.05, 4.69) is 21.2 Å². The monoisotopic (exact) mass is 352 g/mol. The number of nitrogens with one attached hydrogen (secondary N) is 1. The van der Waals surface area contributed by atoms with Crippen LogP contribution < -0.4 is 5.32 Å². The van der Waals surface area contributed by atoms with Gasteiger partial charge in [-0.05, 0) is 41.1 Å². The molecule has 2 rings (SSSR count). The first-order chi connectivity index (χ1) is 9.91. The number of hydrogen-bond acceptors (Lipinski definition) is 3. The minimum atomic E-state index is -0.589. The van der Waals surface area contributed by atoms with E-state index in [0.29, 0.717) is 11.3 Å². The van der Waals surface area contributed by atoms with Crippen molar-refractivity contribution in [3.05, 3.63) is 67.9 Å². The zero-order valence-electron chi connectivity index (χ0n) is 10.9. The molecule has 0 saturated heterocycles. The van der Waals surface area contributed by atoms with Crippen molar-refractivity contribution in [3.63, 3.8) is 0 Å². The molecule has 1 N–H and O–H groups in total. The molecule has 108 valence electrons. The van der Waals surface area contributed by atoms with E-state index < -0.39 is 16.6 Å². The van der Waals surface area contributed by atoms with Crippen LogP contribution in [0.4, 0.5) is 15.8 Å². The zero-order valence-corrected chi connectivity index (χ0v) is 12.5. The molecule has 0 radical (unpaired) electrons. The van der Waals surface area contributed by atoms with Gasteiger partial charge in [0.15, 0.2) is 0 Å². The van der Waals surface area contributed by atoms with E-state index in [1.807, 2.05) is 0 Å². The number of carbonyl (C=O) groups excluding carboxylic acids is 1. The Morgan fingerprint density at radius 1 is 1.29 bits per heavy atom. The van der Waals surface area contributed by atoms with Gasteiger partial charge in [-0.15, -0.1) is 0 Å². The Hall–Kier alpha value is -2.28. The fourth-order valence-electron chi connectivity index (χ4n) is 1.77. The molecule has 0 atom stereocenters. The minimum Gasteiger partial charge on any atom is -0.322 e. The maximum atomic E-state index is 13.4. The standard InChI is InChI=1S/C14H10BrFN2O3/c1-8-10(16)5-3-6-11(8)17-14(19)9-4-2-7-12(13(9)15)18(20)21/h2-7H,1H3,(H,17,19). The van der Waals surface area contributed by atoms with Gasteiger partial charge in [0.2, 0.25) is 0 Å². The largest absolute Gasteiger partial charge is 0.322 e. The van der Waals surface area contributed by atoms with Gasteiger partial charge in [0.05, 0.1) is 10.5 Å². The summed E-state index contributed by atoms with van der Waals surface area (Å²) in [4.78, 5) is 22.4. The molecule has 1 amide bonds. The summed E-state index contributed by atoms with van der Waals surface area (Å²) >= 11 is 3.05. The zero-order chi connectivity index (χ0) is 15.6. The molecule has 21 heavy (non-hydrogen) atoms. The summed E-state index contributed by atoms with van der Waals surface area (Å²) in [6.45, 7) is 1.54. The third kappa shape index (κ3) is 3.08. The fraction of sp³-hybridized carbons (Fsp3) is 0.0714. The van der Waals surface area contributed by atoms with Crippen molar-refractivity contribution in [1.82, 2.24) is 0 Å². The Bertz CT molecular complexity index is 734. The van der Waals surface area contributed by atoms with Crippen molar-refractivity contribution in [2.75, 3.05) is 5.32 Å². The molecule has 0 aliphatic carbocycles. The minimum absolute atomic E-state index is 0.0848. The lowest BCUT2D eigenvalue weighted by molar-refractivity contribution is -0.385. The number of nitro benzene ring substituents is 1. The Kier molecular flexibility index (Phi) is 4.32.